The minimum absolute atomic E-state index is 0.0473. The van der Waals surface area contributed by atoms with Crippen molar-refractivity contribution in [3.8, 4) is 5.75 Å². The van der Waals surface area contributed by atoms with Crippen molar-refractivity contribution < 1.29 is 27.8 Å². The maximum Gasteiger partial charge on any atom is 0.251 e. The van der Waals surface area contributed by atoms with Crippen LogP contribution >= 0.6 is 0 Å². The molecule has 1 aliphatic rings. The van der Waals surface area contributed by atoms with E-state index in [2.05, 4.69) is 5.32 Å². The SMILES string of the molecule is COc1ccc(CC(C)(O)CNC(=O)c2ccc(S(=O)(=O)N3CCOCC3)cc2)cc1. The van der Waals surface area contributed by atoms with Gasteiger partial charge >= 0.3 is 0 Å². The van der Waals surface area contributed by atoms with Gasteiger partial charge in [-0.2, -0.15) is 4.31 Å². The summed E-state index contributed by atoms with van der Waals surface area (Å²) in [5.41, 5.74) is 0.0861. The van der Waals surface area contributed by atoms with Gasteiger partial charge in [-0.25, -0.2) is 8.42 Å². The standard InChI is InChI=1S/C22H28N2O6S/c1-22(26,15-17-3-7-19(29-2)8-4-17)16-23-21(25)18-5-9-20(10-6-18)31(27,28)24-11-13-30-14-12-24/h3-10,26H,11-16H2,1-2H3,(H,23,25). The van der Waals surface area contributed by atoms with E-state index < -0.39 is 15.6 Å². The Morgan fingerprint density at radius 3 is 2.32 bits per heavy atom. The van der Waals surface area contributed by atoms with E-state index in [0.29, 0.717) is 38.3 Å². The van der Waals surface area contributed by atoms with Crippen molar-refractivity contribution in [3.05, 3.63) is 59.7 Å². The molecule has 1 amide bonds. The van der Waals surface area contributed by atoms with Crippen molar-refractivity contribution in [1.82, 2.24) is 9.62 Å². The number of ether oxygens (including phenoxy) is 2. The topological polar surface area (TPSA) is 105 Å². The maximum atomic E-state index is 12.7. The molecule has 31 heavy (non-hydrogen) atoms. The van der Waals surface area contributed by atoms with E-state index in [9.17, 15) is 18.3 Å². The lowest BCUT2D eigenvalue weighted by molar-refractivity contribution is 0.0552. The third-order valence-corrected chi connectivity index (χ3v) is 7.01. The normalized spacial score (nSPS) is 17.0. The number of carbonyl (C=O) groups is 1. The lowest BCUT2D eigenvalue weighted by Crippen LogP contribution is -2.42. The van der Waals surface area contributed by atoms with Gasteiger partial charge in [0.15, 0.2) is 0 Å². The number of aliphatic hydroxyl groups is 1. The van der Waals surface area contributed by atoms with Crippen LogP contribution in [0.1, 0.15) is 22.8 Å². The number of hydrogen-bond donors (Lipinski definition) is 2. The van der Waals surface area contributed by atoms with Crippen molar-refractivity contribution >= 4 is 15.9 Å². The summed E-state index contributed by atoms with van der Waals surface area (Å²) in [6.07, 6.45) is 0.355. The van der Waals surface area contributed by atoms with Gasteiger partial charge in [0.1, 0.15) is 5.75 Å². The zero-order valence-electron chi connectivity index (χ0n) is 17.7. The second kappa shape index (κ2) is 9.78. The van der Waals surface area contributed by atoms with Crippen LogP contribution < -0.4 is 10.1 Å². The van der Waals surface area contributed by atoms with Crippen molar-refractivity contribution in [1.29, 1.82) is 0 Å². The van der Waals surface area contributed by atoms with Crippen LogP contribution in [-0.4, -0.2) is 69.3 Å². The number of morpholine rings is 1. The van der Waals surface area contributed by atoms with E-state index in [1.54, 1.807) is 14.0 Å². The van der Waals surface area contributed by atoms with Crippen molar-refractivity contribution in [3.63, 3.8) is 0 Å². The summed E-state index contributed by atoms with van der Waals surface area (Å²) in [7, 11) is -2.02. The number of nitrogens with one attached hydrogen (secondary N) is 1. The molecule has 1 unspecified atom stereocenters. The van der Waals surface area contributed by atoms with Crippen molar-refractivity contribution in [2.24, 2.45) is 0 Å². The third-order valence-electron chi connectivity index (χ3n) is 5.10. The summed E-state index contributed by atoms with van der Waals surface area (Å²) in [5.74, 6) is 0.348. The van der Waals surface area contributed by atoms with Crippen LogP contribution in [0.4, 0.5) is 0 Å². The Balaban J connectivity index is 1.58. The summed E-state index contributed by atoms with van der Waals surface area (Å²) in [5, 5.41) is 13.4. The molecule has 0 aliphatic carbocycles. The van der Waals surface area contributed by atoms with Gasteiger partial charge in [0.05, 0.1) is 30.8 Å². The van der Waals surface area contributed by atoms with Gasteiger partial charge in [-0.1, -0.05) is 12.1 Å². The predicted molar refractivity (Wildman–Crippen MR) is 116 cm³/mol. The fourth-order valence-corrected chi connectivity index (χ4v) is 4.74. The highest BCUT2D eigenvalue weighted by Gasteiger charge is 2.27. The van der Waals surface area contributed by atoms with E-state index in [4.69, 9.17) is 9.47 Å². The highest BCUT2D eigenvalue weighted by atomic mass is 32.2. The first-order valence-electron chi connectivity index (χ1n) is 10.0. The van der Waals surface area contributed by atoms with Crippen molar-refractivity contribution in [2.45, 2.75) is 23.8 Å². The lowest BCUT2D eigenvalue weighted by Gasteiger charge is -2.26. The first-order valence-corrected chi connectivity index (χ1v) is 11.5. The Kier molecular flexibility index (Phi) is 7.32. The van der Waals surface area contributed by atoms with Crippen LogP contribution in [0.15, 0.2) is 53.4 Å². The van der Waals surface area contributed by atoms with Crippen molar-refractivity contribution in [2.75, 3.05) is 40.0 Å². The molecular weight excluding hydrogens is 420 g/mol. The van der Waals surface area contributed by atoms with Crippen LogP contribution in [0, 0.1) is 0 Å². The Hall–Kier alpha value is -2.46. The molecule has 9 heteroatoms. The lowest BCUT2D eigenvalue weighted by atomic mass is 9.96. The number of amides is 1. The number of sulfonamides is 1. The fraction of sp³-hybridized carbons (Fsp3) is 0.409. The average Bonchev–Trinajstić information content (AvgIpc) is 2.78. The zero-order chi connectivity index (χ0) is 22.5. The molecule has 2 aromatic carbocycles. The summed E-state index contributed by atoms with van der Waals surface area (Å²) in [6, 6.07) is 13.2. The molecule has 1 saturated heterocycles. The molecule has 0 radical (unpaired) electrons. The second-order valence-electron chi connectivity index (χ2n) is 7.75. The van der Waals surface area contributed by atoms with E-state index in [0.717, 1.165) is 11.3 Å². The summed E-state index contributed by atoms with van der Waals surface area (Å²) >= 11 is 0. The smallest absolute Gasteiger partial charge is 0.251 e. The van der Waals surface area contributed by atoms with Gasteiger partial charge in [0.25, 0.3) is 5.91 Å². The summed E-state index contributed by atoms with van der Waals surface area (Å²) in [6.45, 7) is 3.06. The molecule has 0 bridgehead atoms. The van der Waals surface area contributed by atoms with Gasteiger partial charge in [0.2, 0.25) is 10.0 Å². The maximum absolute atomic E-state index is 12.7. The largest absolute Gasteiger partial charge is 0.497 e. The van der Waals surface area contributed by atoms with Crippen LogP contribution in [0.5, 0.6) is 5.75 Å². The average molecular weight is 449 g/mol. The van der Waals surface area contributed by atoms with E-state index in [1.165, 1.54) is 28.6 Å². The molecule has 8 nitrogen and oxygen atoms in total. The van der Waals surface area contributed by atoms with Crippen LogP contribution in [0.2, 0.25) is 0 Å². The monoisotopic (exact) mass is 448 g/mol. The molecule has 3 rings (SSSR count). The Labute approximate surface area is 182 Å². The van der Waals surface area contributed by atoms with Gasteiger partial charge < -0.3 is 19.9 Å². The number of hydrogen-bond acceptors (Lipinski definition) is 6. The van der Waals surface area contributed by atoms with E-state index in [-0.39, 0.29) is 17.3 Å². The zero-order valence-corrected chi connectivity index (χ0v) is 18.5. The molecule has 0 spiro atoms. The molecule has 168 valence electrons. The fourth-order valence-electron chi connectivity index (χ4n) is 3.33. The molecule has 1 aliphatic heterocycles. The molecule has 2 aromatic rings. The summed E-state index contributed by atoms with van der Waals surface area (Å²) in [4.78, 5) is 12.6. The number of methoxy groups -OCH3 is 1. The molecule has 1 heterocycles. The highest BCUT2D eigenvalue weighted by molar-refractivity contribution is 7.89. The third kappa shape index (κ3) is 6.04. The molecule has 1 fully saturated rings. The molecule has 1 atom stereocenters. The number of nitrogens with zero attached hydrogens (tertiary/aromatic N) is 1. The number of rotatable bonds is 8. The number of carbonyl (C=O) groups excluding carboxylic acids is 1. The second-order valence-corrected chi connectivity index (χ2v) is 9.68. The minimum Gasteiger partial charge on any atom is -0.497 e. The minimum atomic E-state index is -3.61. The predicted octanol–water partition coefficient (Wildman–Crippen LogP) is 1.44. The Morgan fingerprint density at radius 2 is 1.74 bits per heavy atom. The summed E-state index contributed by atoms with van der Waals surface area (Å²) < 4.78 is 37.0. The van der Waals surface area contributed by atoms with Gasteiger partial charge in [0, 0.05) is 31.6 Å². The Bertz CT molecular complexity index is 982. The molecule has 2 N–H and O–H groups in total. The van der Waals surface area contributed by atoms with E-state index >= 15 is 0 Å². The molecular formula is C22H28N2O6S. The van der Waals surface area contributed by atoms with Gasteiger partial charge in [-0.05, 0) is 48.9 Å². The molecule has 0 aromatic heterocycles. The quantitative estimate of drug-likeness (QED) is 0.633. The van der Waals surface area contributed by atoms with Crippen LogP contribution in [-0.2, 0) is 21.2 Å². The number of benzene rings is 2. The Morgan fingerprint density at radius 1 is 1.13 bits per heavy atom. The van der Waals surface area contributed by atoms with E-state index in [1.807, 2.05) is 24.3 Å². The highest BCUT2D eigenvalue weighted by Crippen LogP contribution is 2.19. The first kappa shape index (κ1) is 23.2. The van der Waals surface area contributed by atoms with Gasteiger partial charge in [-0.3, -0.25) is 4.79 Å². The van der Waals surface area contributed by atoms with Crippen LogP contribution in [0.3, 0.4) is 0 Å². The first-order chi connectivity index (χ1) is 14.7. The van der Waals surface area contributed by atoms with Gasteiger partial charge in [-0.15, -0.1) is 0 Å². The molecule has 0 saturated carbocycles. The van der Waals surface area contributed by atoms with Crippen LogP contribution in [0.25, 0.3) is 0 Å².